The third kappa shape index (κ3) is 3.21. The van der Waals surface area contributed by atoms with E-state index >= 15 is 0 Å². The first-order valence-corrected chi connectivity index (χ1v) is 5.43. The SMILES string of the molecule is CC(C)C1CCC(C(=O)C(F)(F)F)CC1. The average Bonchev–Trinajstić information content (AvgIpc) is 2.15. The summed E-state index contributed by atoms with van der Waals surface area (Å²) >= 11 is 0. The zero-order valence-electron chi connectivity index (χ0n) is 9.10. The summed E-state index contributed by atoms with van der Waals surface area (Å²) in [6, 6.07) is 0. The molecule has 1 aliphatic carbocycles. The topological polar surface area (TPSA) is 17.1 Å². The second-order valence-electron chi connectivity index (χ2n) is 4.72. The Labute approximate surface area is 88.0 Å². The molecule has 0 aromatic carbocycles. The highest BCUT2D eigenvalue weighted by molar-refractivity contribution is 5.86. The fourth-order valence-corrected chi connectivity index (χ4v) is 2.28. The number of carbonyl (C=O) groups excluding carboxylic acids is 1. The van der Waals surface area contributed by atoms with Crippen molar-refractivity contribution in [2.75, 3.05) is 0 Å². The van der Waals surface area contributed by atoms with E-state index < -0.39 is 17.9 Å². The minimum Gasteiger partial charge on any atom is -0.289 e. The Hall–Kier alpha value is -0.540. The minimum atomic E-state index is -4.64. The molecule has 1 saturated carbocycles. The number of alkyl halides is 3. The monoisotopic (exact) mass is 222 g/mol. The molecule has 4 heteroatoms. The zero-order chi connectivity index (χ0) is 11.6. The van der Waals surface area contributed by atoms with Gasteiger partial charge in [0, 0.05) is 5.92 Å². The summed E-state index contributed by atoms with van der Waals surface area (Å²) in [7, 11) is 0. The van der Waals surface area contributed by atoms with Crippen LogP contribution in [-0.4, -0.2) is 12.0 Å². The van der Waals surface area contributed by atoms with Gasteiger partial charge in [-0.3, -0.25) is 4.79 Å². The van der Waals surface area contributed by atoms with Crippen LogP contribution >= 0.6 is 0 Å². The minimum absolute atomic E-state index is 0.404. The van der Waals surface area contributed by atoms with Crippen molar-refractivity contribution in [3.8, 4) is 0 Å². The Morgan fingerprint density at radius 3 is 1.93 bits per heavy atom. The Morgan fingerprint density at radius 1 is 1.13 bits per heavy atom. The Kier molecular flexibility index (Phi) is 3.79. The molecule has 0 saturated heterocycles. The van der Waals surface area contributed by atoms with Crippen LogP contribution in [0.3, 0.4) is 0 Å². The van der Waals surface area contributed by atoms with Crippen LogP contribution in [0.25, 0.3) is 0 Å². The number of Topliss-reactive ketones (excluding diaryl/α,β-unsaturated/α-hetero) is 1. The summed E-state index contributed by atoms with van der Waals surface area (Å²) in [5.74, 6) is -1.31. The molecule has 1 aliphatic rings. The van der Waals surface area contributed by atoms with Gasteiger partial charge in [0.15, 0.2) is 0 Å². The molecule has 0 radical (unpaired) electrons. The van der Waals surface area contributed by atoms with E-state index in [0.717, 1.165) is 12.8 Å². The molecule has 0 unspecified atom stereocenters. The first kappa shape index (κ1) is 12.5. The first-order valence-electron chi connectivity index (χ1n) is 5.43. The number of carbonyl (C=O) groups is 1. The summed E-state index contributed by atoms with van der Waals surface area (Å²) in [5.41, 5.74) is 0. The standard InChI is InChI=1S/C11H17F3O/c1-7(2)8-3-5-9(6-4-8)10(15)11(12,13)14/h7-9H,3-6H2,1-2H3. The van der Waals surface area contributed by atoms with Crippen LogP contribution in [0.1, 0.15) is 39.5 Å². The highest BCUT2D eigenvalue weighted by atomic mass is 19.4. The Balaban J connectivity index is 2.48. The largest absolute Gasteiger partial charge is 0.450 e. The van der Waals surface area contributed by atoms with Crippen LogP contribution in [0.5, 0.6) is 0 Å². The van der Waals surface area contributed by atoms with Gasteiger partial charge in [0.25, 0.3) is 0 Å². The summed E-state index contributed by atoms with van der Waals surface area (Å²) in [5, 5.41) is 0. The van der Waals surface area contributed by atoms with Crippen LogP contribution in [0.4, 0.5) is 13.2 Å². The van der Waals surface area contributed by atoms with Gasteiger partial charge in [0.1, 0.15) is 0 Å². The van der Waals surface area contributed by atoms with Gasteiger partial charge in [0.2, 0.25) is 5.78 Å². The molecule has 0 aromatic rings. The van der Waals surface area contributed by atoms with Gasteiger partial charge in [0.05, 0.1) is 0 Å². The van der Waals surface area contributed by atoms with Crippen LogP contribution in [0.15, 0.2) is 0 Å². The summed E-state index contributed by atoms with van der Waals surface area (Å²) in [4.78, 5) is 11.0. The molecule has 15 heavy (non-hydrogen) atoms. The van der Waals surface area contributed by atoms with Gasteiger partial charge in [-0.15, -0.1) is 0 Å². The number of halogens is 3. The lowest BCUT2D eigenvalue weighted by atomic mass is 9.75. The maximum atomic E-state index is 12.1. The number of hydrogen-bond donors (Lipinski definition) is 0. The summed E-state index contributed by atoms with van der Waals surface area (Å²) < 4.78 is 36.4. The quantitative estimate of drug-likeness (QED) is 0.698. The van der Waals surface area contributed by atoms with Gasteiger partial charge in [-0.05, 0) is 37.5 Å². The zero-order valence-corrected chi connectivity index (χ0v) is 9.10. The average molecular weight is 222 g/mol. The third-order valence-corrected chi connectivity index (χ3v) is 3.36. The van der Waals surface area contributed by atoms with E-state index in [4.69, 9.17) is 0 Å². The van der Waals surface area contributed by atoms with E-state index in [2.05, 4.69) is 13.8 Å². The fraction of sp³-hybridized carbons (Fsp3) is 0.909. The maximum Gasteiger partial charge on any atom is 0.450 e. The lowest BCUT2D eigenvalue weighted by Crippen LogP contribution is -2.33. The van der Waals surface area contributed by atoms with Crippen molar-refractivity contribution in [2.45, 2.75) is 45.7 Å². The van der Waals surface area contributed by atoms with Gasteiger partial charge < -0.3 is 0 Å². The first-order chi connectivity index (χ1) is 6.82. The summed E-state index contributed by atoms with van der Waals surface area (Å²) in [6.45, 7) is 4.16. The van der Waals surface area contributed by atoms with E-state index in [0.29, 0.717) is 24.7 Å². The van der Waals surface area contributed by atoms with Crippen molar-refractivity contribution < 1.29 is 18.0 Å². The van der Waals surface area contributed by atoms with Crippen LogP contribution in [0.2, 0.25) is 0 Å². The van der Waals surface area contributed by atoms with Gasteiger partial charge in [-0.1, -0.05) is 13.8 Å². The van der Waals surface area contributed by atoms with E-state index in [1.165, 1.54) is 0 Å². The smallest absolute Gasteiger partial charge is 0.289 e. The molecule has 0 aromatic heterocycles. The highest BCUT2D eigenvalue weighted by Crippen LogP contribution is 2.36. The van der Waals surface area contributed by atoms with E-state index in [1.807, 2.05) is 0 Å². The fourth-order valence-electron chi connectivity index (χ4n) is 2.28. The molecule has 1 fully saturated rings. The molecule has 88 valence electrons. The second kappa shape index (κ2) is 4.54. The lowest BCUT2D eigenvalue weighted by Gasteiger charge is -2.30. The molecule has 0 bridgehead atoms. The highest BCUT2D eigenvalue weighted by Gasteiger charge is 2.44. The van der Waals surface area contributed by atoms with Crippen LogP contribution in [0, 0.1) is 17.8 Å². The molecule has 0 heterocycles. The summed E-state index contributed by atoms with van der Waals surface area (Å²) in [6.07, 6.45) is -2.33. The van der Waals surface area contributed by atoms with Crippen molar-refractivity contribution in [1.29, 1.82) is 0 Å². The second-order valence-corrected chi connectivity index (χ2v) is 4.72. The van der Waals surface area contributed by atoms with E-state index in [1.54, 1.807) is 0 Å². The number of rotatable bonds is 2. The van der Waals surface area contributed by atoms with Crippen molar-refractivity contribution in [1.82, 2.24) is 0 Å². The predicted octanol–water partition coefficient (Wildman–Crippen LogP) is 3.58. The van der Waals surface area contributed by atoms with E-state index in [9.17, 15) is 18.0 Å². The van der Waals surface area contributed by atoms with Crippen molar-refractivity contribution >= 4 is 5.78 Å². The normalized spacial score (nSPS) is 28.1. The number of ketones is 1. The third-order valence-electron chi connectivity index (χ3n) is 3.36. The molecule has 1 rings (SSSR count). The Bertz CT molecular complexity index is 224. The molecule has 0 N–H and O–H groups in total. The van der Waals surface area contributed by atoms with Gasteiger partial charge in [-0.2, -0.15) is 13.2 Å². The van der Waals surface area contributed by atoms with E-state index in [-0.39, 0.29) is 0 Å². The number of hydrogen-bond acceptors (Lipinski definition) is 1. The van der Waals surface area contributed by atoms with Crippen molar-refractivity contribution in [3.63, 3.8) is 0 Å². The Morgan fingerprint density at radius 2 is 1.60 bits per heavy atom. The van der Waals surface area contributed by atoms with Gasteiger partial charge >= 0.3 is 6.18 Å². The lowest BCUT2D eigenvalue weighted by molar-refractivity contribution is -0.176. The molecule has 0 amide bonds. The molecule has 1 nitrogen and oxygen atoms in total. The van der Waals surface area contributed by atoms with Gasteiger partial charge in [-0.25, -0.2) is 0 Å². The molecule has 0 aliphatic heterocycles. The van der Waals surface area contributed by atoms with Crippen molar-refractivity contribution in [3.05, 3.63) is 0 Å². The van der Waals surface area contributed by atoms with Crippen LogP contribution < -0.4 is 0 Å². The molecular weight excluding hydrogens is 205 g/mol. The molecular formula is C11H17F3O. The molecule has 0 spiro atoms. The predicted molar refractivity (Wildman–Crippen MR) is 51.3 cm³/mol. The molecule has 0 atom stereocenters. The maximum absolute atomic E-state index is 12.1. The van der Waals surface area contributed by atoms with Crippen molar-refractivity contribution in [2.24, 2.45) is 17.8 Å². The van der Waals surface area contributed by atoms with Crippen LogP contribution in [-0.2, 0) is 4.79 Å².